The van der Waals surface area contributed by atoms with Crippen LogP contribution >= 0.6 is 0 Å². The highest BCUT2D eigenvalue weighted by molar-refractivity contribution is 7.89. The molecule has 2 aliphatic rings. The van der Waals surface area contributed by atoms with Crippen molar-refractivity contribution < 1.29 is 26.3 Å². The first-order valence-corrected chi connectivity index (χ1v) is 13.3. The van der Waals surface area contributed by atoms with E-state index in [0.717, 1.165) is 57.0 Å². The maximum absolute atomic E-state index is 12.8. The molecule has 1 aromatic carbocycles. The molecule has 0 aromatic heterocycles. The number of sulfonamides is 1. The Balaban J connectivity index is 1.35. The molecule has 0 amide bonds. The zero-order valence-electron chi connectivity index (χ0n) is 19.2. The Hall–Kier alpha value is -1.42. The number of rotatable bonds is 10. The van der Waals surface area contributed by atoms with Gasteiger partial charge in [-0.3, -0.25) is 4.90 Å². The number of alkyl halides is 3. The molecule has 2 fully saturated rings. The number of hydrogen-bond donors (Lipinski definition) is 1. The second kappa shape index (κ2) is 11.8. The van der Waals surface area contributed by atoms with E-state index >= 15 is 0 Å². The predicted octanol–water partition coefficient (Wildman–Crippen LogP) is 4.77. The molecule has 1 saturated heterocycles. The van der Waals surface area contributed by atoms with Gasteiger partial charge < -0.3 is 4.74 Å². The van der Waals surface area contributed by atoms with Crippen LogP contribution in [0.25, 0.3) is 0 Å². The van der Waals surface area contributed by atoms with Crippen LogP contribution in [0.3, 0.4) is 0 Å². The summed E-state index contributed by atoms with van der Waals surface area (Å²) >= 11 is 0. The molecule has 33 heavy (non-hydrogen) atoms. The third kappa shape index (κ3) is 8.09. The first kappa shape index (κ1) is 26.2. The van der Waals surface area contributed by atoms with Crippen LogP contribution in [0.4, 0.5) is 13.2 Å². The molecule has 1 aliphatic heterocycles. The first-order chi connectivity index (χ1) is 15.6. The fraction of sp³-hybridized carbons (Fsp3) is 0.667. The van der Waals surface area contributed by atoms with Crippen LogP contribution in [0.15, 0.2) is 35.2 Å². The van der Waals surface area contributed by atoms with Crippen molar-refractivity contribution >= 4 is 10.0 Å². The van der Waals surface area contributed by atoms with Crippen molar-refractivity contribution in [2.45, 2.75) is 56.5 Å². The van der Waals surface area contributed by atoms with Gasteiger partial charge >= 0.3 is 6.18 Å². The molecule has 1 aromatic rings. The van der Waals surface area contributed by atoms with E-state index in [2.05, 4.69) is 21.8 Å². The SMILES string of the molecule is Cc1cc(C(F)(F)F)ccc1S(=O)(=O)NCC1CCC(COCC=CCN2CCCC2)CC1. The van der Waals surface area contributed by atoms with Gasteiger partial charge in [-0.25, -0.2) is 13.1 Å². The fourth-order valence-electron chi connectivity index (χ4n) is 4.59. The summed E-state index contributed by atoms with van der Waals surface area (Å²) in [4.78, 5) is 2.33. The van der Waals surface area contributed by atoms with Gasteiger partial charge in [-0.1, -0.05) is 12.2 Å². The van der Waals surface area contributed by atoms with Crippen LogP contribution in [-0.4, -0.2) is 52.7 Å². The molecule has 0 radical (unpaired) electrons. The number of aryl methyl sites for hydroxylation is 1. The van der Waals surface area contributed by atoms with Gasteiger partial charge in [-0.2, -0.15) is 13.2 Å². The minimum atomic E-state index is -4.49. The van der Waals surface area contributed by atoms with E-state index in [1.807, 2.05) is 0 Å². The summed E-state index contributed by atoms with van der Waals surface area (Å²) in [5, 5.41) is 0. The lowest BCUT2D eigenvalue weighted by atomic mass is 9.82. The van der Waals surface area contributed by atoms with Gasteiger partial charge in [0.25, 0.3) is 0 Å². The molecule has 5 nitrogen and oxygen atoms in total. The summed E-state index contributed by atoms with van der Waals surface area (Å²) in [5.41, 5.74) is -0.755. The second-order valence-electron chi connectivity index (χ2n) is 9.23. The van der Waals surface area contributed by atoms with Gasteiger partial charge in [-0.05, 0) is 94.1 Å². The van der Waals surface area contributed by atoms with Crippen molar-refractivity contribution in [1.82, 2.24) is 9.62 Å². The predicted molar refractivity (Wildman–Crippen MR) is 122 cm³/mol. The van der Waals surface area contributed by atoms with Crippen molar-refractivity contribution in [3.05, 3.63) is 41.5 Å². The average Bonchev–Trinajstić information content (AvgIpc) is 3.28. The molecule has 0 atom stereocenters. The normalized spacial score (nSPS) is 22.9. The molecule has 1 heterocycles. The lowest BCUT2D eigenvalue weighted by Gasteiger charge is -2.28. The number of nitrogens with zero attached hydrogens (tertiary/aromatic N) is 1. The summed E-state index contributed by atoms with van der Waals surface area (Å²) in [6.45, 7) is 6.41. The van der Waals surface area contributed by atoms with E-state index in [9.17, 15) is 21.6 Å². The van der Waals surface area contributed by atoms with E-state index in [4.69, 9.17) is 4.74 Å². The first-order valence-electron chi connectivity index (χ1n) is 11.8. The molecule has 186 valence electrons. The maximum Gasteiger partial charge on any atom is 0.416 e. The Bertz CT molecular complexity index is 889. The minimum Gasteiger partial charge on any atom is -0.377 e. The molecule has 1 N–H and O–H groups in total. The highest BCUT2D eigenvalue weighted by Gasteiger charge is 2.32. The molecule has 0 spiro atoms. The molecule has 3 rings (SSSR count). The Morgan fingerprint density at radius 2 is 1.76 bits per heavy atom. The molecule has 0 bridgehead atoms. The zero-order valence-corrected chi connectivity index (χ0v) is 20.1. The molecule has 1 saturated carbocycles. The van der Waals surface area contributed by atoms with Crippen molar-refractivity contribution in [2.24, 2.45) is 11.8 Å². The van der Waals surface area contributed by atoms with E-state index in [0.29, 0.717) is 19.1 Å². The van der Waals surface area contributed by atoms with Crippen LogP contribution in [0.1, 0.15) is 49.7 Å². The largest absolute Gasteiger partial charge is 0.416 e. The van der Waals surface area contributed by atoms with Crippen molar-refractivity contribution in [3.63, 3.8) is 0 Å². The van der Waals surface area contributed by atoms with Gasteiger partial charge in [0.15, 0.2) is 0 Å². The number of hydrogen-bond acceptors (Lipinski definition) is 4. The second-order valence-corrected chi connectivity index (χ2v) is 11.0. The summed E-state index contributed by atoms with van der Waals surface area (Å²) in [7, 11) is -3.85. The van der Waals surface area contributed by atoms with Crippen molar-refractivity contribution in [3.8, 4) is 0 Å². The number of halogens is 3. The highest BCUT2D eigenvalue weighted by Crippen LogP contribution is 2.32. The van der Waals surface area contributed by atoms with Crippen LogP contribution in [0, 0.1) is 18.8 Å². The quantitative estimate of drug-likeness (QED) is 0.381. The van der Waals surface area contributed by atoms with Crippen LogP contribution in [0.5, 0.6) is 0 Å². The molecule has 1 aliphatic carbocycles. The zero-order chi connectivity index (χ0) is 23.9. The molecule has 9 heteroatoms. The third-order valence-electron chi connectivity index (χ3n) is 6.62. The van der Waals surface area contributed by atoms with Gasteiger partial charge in [0.1, 0.15) is 0 Å². The van der Waals surface area contributed by atoms with E-state index < -0.39 is 21.8 Å². The van der Waals surface area contributed by atoms with Crippen LogP contribution in [0.2, 0.25) is 0 Å². The van der Waals surface area contributed by atoms with Gasteiger partial charge in [0.2, 0.25) is 10.0 Å². The van der Waals surface area contributed by atoms with Gasteiger partial charge in [0, 0.05) is 19.7 Å². The lowest BCUT2D eigenvalue weighted by molar-refractivity contribution is -0.137. The van der Waals surface area contributed by atoms with E-state index in [1.165, 1.54) is 32.9 Å². The average molecular weight is 489 g/mol. The van der Waals surface area contributed by atoms with Crippen molar-refractivity contribution in [1.29, 1.82) is 0 Å². The van der Waals surface area contributed by atoms with E-state index in [1.54, 1.807) is 0 Å². The Labute approximate surface area is 195 Å². The van der Waals surface area contributed by atoms with Crippen molar-refractivity contribution in [2.75, 3.05) is 39.4 Å². The smallest absolute Gasteiger partial charge is 0.377 e. The molecule has 0 unspecified atom stereocenters. The van der Waals surface area contributed by atoms with E-state index in [-0.39, 0.29) is 16.4 Å². The molecular formula is C24H35F3N2O3S. The monoisotopic (exact) mass is 488 g/mol. The Morgan fingerprint density at radius 3 is 2.39 bits per heavy atom. The number of nitrogens with one attached hydrogen (secondary N) is 1. The van der Waals surface area contributed by atoms with Crippen LogP contribution in [-0.2, 0) is 20.9 Å². The van der Waals surface area contributed by atoms with Gasteiger partial charge in [0.05, 0.1) is 17.1 Å². The minimum absolute atomic E-state index is 0.0904. The summed E-state index contributed by atoms with van der Waals surface area (Å²) < 4.78 is 72.1. The van der Waals surface area contributed by atoms with Gasteiger partial charge in [-0.15, -0.1) is 0 Å². The fourth-order valence-corrected chi connectivity index (χ4v) is 5.94. The number of ether oxygens (including phenoxy) is 1. The summed E-state index contributed by atoms with van der Waals surface area (Å²) in [5.74, 6) is 0.716. The Morgan fingerprint density at radius 1 is 1.09 bits per heavy atom. The molecular weight excluding hydrogens is 453 g/mol. The lowest BCUT2D eigenvalue weighted by Crippen LogP contribution is -2.32. The standard InChI is InChI=1S/C24H35F3N2O3S/c1-19-16-22(24(25,26)27)10-11-23(19)33(30,31)28-17-20-6-8-21(9-7-20)18-32-15-5-4-14-29-12-2-3-13-29/h4-5,10-11,16,20-21,28H,2-3,6-9,12-15,17-18H2,1H3. The maximum atomic E-state index is 12.8. The summed E-state index contributed by atoms with van der Waals surface area (Å²) in [6, 6.07) is 2.73. The third-order valence-corrected chi connectivity index (χ3v) is 8.20. The topological polar surface area (TPSA) is 58.6 Å². The summed E-state index contributed by atoms with van der Waals surface area (Å²) in [6.07, 6.45) is 6.15. The number of benzene rings is 1. The highest BCUT2D eigenvalue weighted by atomic mass is 32.2. The van der Waals surface area contributed by atoms with Crippen LogP contribution < -0.4 is 4.72 Å². The number of likely N-dealkylation sites (tertiary alicyclic amines) is 1. The Kier molecular flexibility index (Phi) is 9.38.